The minimum Gasteiger partial charge on any atom is -0.389 e. The van der Waals surface area contributed by atoms with E-state index in [1.54, 1.807) is 25.4 Å². The molecule has 1 heterocycles. The van der Waals surface area contributed by atoms with Crippen molar-refractivity contribution in [2.24, 2.45) is 0 Å². The number of hydrogen-bond donors (Lipinski definition) is 1. The minimum absolute atomic E-state index is 0.350. The van der Waals surface area contributed by atoms with Crippen LogP contribution in [0.3, 0.4) is 0 Å². The number of halogens is 1. The van der Waals surface area contributed by atoms with Crippen LogP contribution in [0.5, 0.6) is 0 Å². The number of aliphatic hydroxyl groups excluding tert-OH is 1. The van der Waals surface area contributed by atoms with Gasteiger partial charge in [-0.25, -0.2) is 9.37 Å². The molecular weight excluding hydrogens is 207 g/mol. The van der Waals surface area contributed by atoms with E-state index >= 15 is 0 Å². The Balaban J connectivity index is 2.61. The first kappa shape index (κ1) is 10.8. The Labute approximate surface area is 93.2 Å². The summed E-state index contributed by atoms with van der Waals surface area (Å²) in [5.41, 5.74) is 1.31. The van der Waals surface area contributed by atoms with Gasteiger partial charge in [0.05, 0.1) is 11.8 Å². The lowest BCUT2D eigenvalue weighted by Gasteiger charge is -2.13. The van der Waals surface area contributed by atoms with Gasteiger partial charge in [-0.3, -0.25) is 0 Å². The first-order valence-electron chi connectivity index (χ1n) is 5.07. The molecule has 0 amide bonds. The Bertz CT molecular complexity index is 505. The molecule has 3 nitrogen and oxygen atoms in total. The van der Waals surface area contributed by atoms with Crippen LogP contribution in [0.15, 0.2) is 30.6 Å². The quantitative estimate of drug-likeness (QED) is 0.843. The summed E-state index contributed by atoms with van der Waals surface area (Å²) in [7, 11) is 0. The lowest BCUT2D eigenvalue weighted by molar-refractivity contribution is 0.198. The third-order valence-corrected chi connectivity index (χ3v) is 2.52. The highest BCUT2D eigenvalue weighted by Crippen LogP contribution is 2.23. The van der Waals surface area contributed by atoms with Gasteiger partial charge in [-0.2, -0.15) is 0 Å². The van der Waals surface area contributed by atoms with Crippen LogP contribution in [0.1, 0.15) is 24.4 Å². The van der Waals surface area contributed by atoms with Crippen molar-refractivity contribution in [1.29, 1.82) is 0 Å². The molecule has 1 atom stereocenters. The highest BCUT2D eigenvalue weighted by molar-refractivity contribution is 5.43. The smallest absolute Gasteiger partial charge is 0.123 e. The molecule has 2 rings (SSSR count). The highest BCUT2D eigenvalue weighted by atomic mass is 19.1. The Morgan fingerprint density at radius 1 is 1.44 bits per heavy atom. The molecule has 1 N–H and O–H groups in total. The molecule has 0 aliphatic carbocycles. The number of aryl methyl sites for hydroxylation is 1. The first-order valence-corrected chi connectivity index (χ1v) is 5.07. The monoisotopic (exact) mass is 220 g/mol. The molecule has 4 heteroatoms. The summed E-state index contributed by atoms with van der Waals surface area (Å²) in [5, 5.41) is 9.62. The van der Waals surface area contributed by atoms with E-state index in [-0.39, 0.29) is 5.82 Å². The molecule has 84 valence electrons. The van der Waals surface area contributed by atoms with Gasteiger partial charge in [0.15, 0.2) is 0 Å². The van der Waals surface area contributed by atoms with Crippen LogP contribution in [0.4, 0.5) is 4.39 Å². The number of aromatic nitrogens is 2. The molecule has 0 bridgehead atoms. The van der Waals surface area contributed by atoms with Gasteiger partial charge in [-0.05, 0) is 32.0 Å². The van der Waals surface area contributed by atoms with E-state index in [9.17, 15) is 9.50 Å². The van der Waals surface area contributed by atoms with Crippen LogP contribution in [0.25, 0.3) is 5.69 Å². The maximum atomic E-state index is 13.1. The van der Waals surface area contributed by atoms with Gasteiger partial charge in [0, 0.05) is 18.0 Å². The normalized spacial score (nSPS) is 12.8. The summed E-state index contributed by atoms with van der Waals surface area (Å²) >= 11 is 0. The third-order valence-electron chi connectivity index (χ3n) is 2.52. The fraction of sp³-hybridized carbons (Fsp3) is 0.250. The molecule has 16 heavy (non-hydrogen) atoms. The summed E-state index contributed by atoms with van der Waals surface area (Å²) in [6.07, 6.45) is 2.74. The fourth-order valence-corrected chi connectivity index (χ4v) is 1.71. The molecule has 1 aromatic carbocycles. The molecule has 2 aromatic rings. The van der Waals surface area contributed by atoms with Crippen molar-refractivity contribution in [2.75, 3.05) is 0 Å². The van der Waals surface area contributed by atoms with Gasteiger partial charge in [0.1, 0.15) is 11.6 Å². The minimum atomic E-state index is -0.715. The van der Waals surface area contributed by atoms with Gasteiger partial charge >= 0.3 is 0 Å². The summed E-state index contributed by atoms with van der Waals surface area (Å²) in [5.74, 6) is 0.450. The molecule has 0 aliphatic heterocycles. The topological polar surface area (TPSA) is 38.0 Å². The van der Waals surface area contributed by atoms with Crippen molar-refractivity contribution in [3.05, 3.63) is 47.8 Å². The number of rotatable bonds is 2. The zero-order chi connectivity index (χ0) is 11.7. The fourth-order valence-electron chi connectivity index (χ4n) is 1.71. The van der Waals surface area contributed by atoms with E-state index in [0.717, 1.165) is 11.5 Å². The first-order chi connectivity index (χ1) is 7.59. The van der Waals surface area contributed by atoms with E-state index in [2.05, 4.69) is 4.98 Å². The van der Waals surface area contributed by atoms with E-state index in [4.69, 9.17) is 0 Å². The van der Waals surface area contributed by atoms with E-state index < -0.39 is 6.10 Å². The Kier molecular flexibility index (Phi) is 2.75. The molecule has 0 saturated heterocycles. The van der Waals surface area contributed by atoms with Crippen LogP contribution in [-0.2, 0) is 0 Å². The average molecular weight is 220 g/mol. The predicted molar refractivity (Wildman–Crippen MR) is 58.9 cm³/mol. The molecular formula is C12H13FN2O. The molecule has 0 radical (unpaired) electrons. The summed E-state index contributed by atoms with van der Waals surface area (Å²) in [4.78, 5) is 4.10. The van der Waals surface area contributed by atoms with Crippen LogP contribution in [-0.4, -0.2) is 14.7 Å². The van der Waals surface area contributed by atoms with Crippen molar-refractivity contribution in [3.8, 4) is 5.69 Å². The van der Waals surface area contributed by atoms with Crippen molar-refractivity contribution >= 4 is 0 Å². The SMILES string of the molecule is Cc1nccn1-c1ccc(F)cc1C(C)O. The Morgan fingerprint density at radius 3 is 2.75 bits per heavy atom. The van der Waals surface area contributed by atoms with Crippen LogP contribution in [0, 0.1) is 12.7 Å². The number of nitrogens with zero attached hydrogens (tertiary/aromatic N) is 2. The molecule has 0 fully saturated rings. The Morgan fingerprint density at radius 2 is 2.19 bits per heavy atom. The maximum Gasteiger partial charge on any atom is 0.123 e. The van der Waals surface area contributed by atoms with Crippen LogP contribution >= 0.6 is 0 Å². The summed E-state index contributed by atoms with van der Waals surface area (Å²) in [6.45, 7) is 3.47. The second-order valence-corrected chi connectivity index (χ2v) is 3.72. The number of aliphatic hydroxyl groups is 1. The van der Waals surface area contributed by atoms with Crippen molar-refractivity contribution in [1.82, 2.24) is 9.55 Å². The summed E-state index contributed by atoms with van der Waals surface area (Å²) in [6, 6.07) is 4.37. The average Bonchev–Trinajstić information content (AvgIpc) is 2.64. The number of benzene rings is 1. The second kappa shape index (κ2) is 4.06. The zero-order valence-corrected chi connectivity index (χ0v) is 9.18. The Hall–Kier alpha value is -1.68. The van der Waals surface area contributed by atoms with Crippen LogP contribution < -0.4 is 0 Å². The van der Waals surface area contributed by atoms with Gasteiger partial charge in [-0.1, -0.05) is 0 Å². The maximum absolute atomic E-state index is 13.1. The van der Waals surface area contributed by atoms with Crippen LogP contribution in [0.2, 0.25) is 0 Å². The molecule has 0 aliphatic rings. The van der Waals surface area contributed by atoms with E-state index in [1.807, 2.05) is 11.5 Å². The highest BCUT2D eigenvalue weighted by Gasteiger charge is 2.11. The molecule has 0 saturated carbocycles. The summed E-state index contributed by atoms with van der Waals surface area (Å²) < 4.78 is 14.9. The predicted octanol–water partition coefficient (Wildman–Crippen LogP) is 2.37. The molecule has 0 spiro atoms. The van der Waals surface area contributed by atoms with Gasteiger partial charge in [-0.15, -0.1) is 0 Å². The van der Waals surface area contributed by atoms with E-state index in [1.165, 1.54) is 12.1 Å². The lowest BCUT2D eigenvalue weighted by atomic mass is 10.1. The third kappa shape index (κ3) is 1.84. The van der Waals surface area contributed by atoms with Crippen molar-refractivity contribution < 1.29 is 9.50 Å². The van der Waals surface area contributed by atoms with Gasteiger partial charge < -0.3 is 9.67 Å². The zero-order valence-electron chi connectivity index (χ0n) is 9.18. The number of imidazole rings is 1. The molecule has 1 unspecified atom stereocenters. The van der Waals surface area contributed by atoms with Crippen molar-refractivity contribution in [3.63, 3.8) is 0 Å². The van der Waals surface area contributed by atoms with Crippen molar-refractivity contribution in [2.45, 2.75) is 20.0 Å². The van der Waals surface area contributed by atoms with Gasteiger partial charge in [0.25, 0.3) is 0 Å². The standard InChI is InChI=1S/C12H13FN2O/c1-8(16)11-7-10(13)3-4-12(11)15-6-5-14-9(15)2/h3-8,16H,1-2H3. The van der Waals surface area contributed by atoms with Gasteiger partial charge in [0.2, 0.25) is 0 Å². The largest absolute Gasteiger partial charge is 0.389 e. The number of hydrogen-bond acceptors (Lipinski definition) is 2. The van der Waals surface area contributed by atoms with E-state index in [0.29, 0.717) is 5.56 Å². The molecule has 1 aromatic heterocycles. The second-order valence-electron chi connectivity index (χ2n) is 3.72. The lowest BCUT2D eigenvalue weighted by Crippen LogP contribution is -2.04.